The number of alkyl halides is 3. The number of benzene rings is 3. The zero-order chi connectivity index (χ0) is 38.4. The van der Waals surface area contributed by atoms with Crippen molar-refractivity contribution in [1.82, 2.24) is 19.6 Å². The Morgan fingerprint density at radius 1 is 1.02 bits per heavy atom. The van der Waals surface area contributed by atoms with Gasteiger partial charge in [-0.15, -0.1) is 5.10 Å². The van der Waals surface area contributed by atoms with Crippen molar-refractivity contribution in [1.29, 1.82) is 0 Å². The Morgan fingerprint density at radius 3 is 2.33 bits per heavy atom. The molecule has 2 aromatic heterocycles. The summed E-state index contributed by atoms with van der Waals surface area (Å²) in [6, 6.07) is 9.96. The fourth-order valence-electron chi connectivity index (χ4n) is 3.93. The van der Waals surface area contributed by atoms with E-state index in [2.05, 4.69) is 19.8 Å². The normalized spacial score (nSPS) is 11.3. The Labute approximate surface area is 294 Å². The van der Waals surface area contributed by atoms with E-state index in [1.807, 2.05) is 0 Å². The maximum Gasteiger partial charge on any atom is 0.416 e. The van der Waals surface area contributed by atoms with Crippen LogP contribution in [0.2, 0.25) is 5.02 Å². The minimum absolute atomic E-state index is 0.0493. The summed E-state index contributed by atoms with van der Waals surface area (Å²) in [4.78, 5) is 41.5. The van der Waals surface area contributed by atoms with Gasteiger partial charge < -0.3 is 14.2 Å². The van der Waals surface area contributed by atoms with Crippen LogP contribution in [0.4, 0.5) is 33.3 Å². The summed E-state index contributed by atoms with van der Waals surface area (Å²) in [5.74, 6) is -4.37. The fraction of sp³-hybridized carbons (Fsp3) is 0.167. The molecular weight excluding hydrogens is 751 g/mol. The minimum Gasteiger partial charge on any atom is -0.463 e. The van der Waals surface area contributed by atoms with Gasteiger partial charge >= 0.3 is 18.1 Å². The van der Waals surface area contributed by atoms with Gasteiger partial charge in [0.25, 0.3) is 26.6 Å². The number of fused-ring (bicyclic) bond motifs is 1. The topological polar surface area (TPSA) is 194 Å². The van der Waals surface area contributed by atoms with Crippen LogP contribution < -0.4 is 9.46 Å². The predicted molar refractivity (Wildman–Crippen MR) is 169 cm³/mol. The molecule has 22 heteroatoms. The molecule has 0 saturated heterocycles. The smallest absolute Gasteiger partial charge is 0.416 e. The van der Waals surface area contributed by atoms with Gasteiger partial charge in [0.15, 0.2) is 6.61 Å². The summed E-state index contributed by atoms with van der Waals surface area (Å²) in [6.07, 6.45) is -3.13. The molecule has 274 valence electrons. The maximum atomic E-state index is 13.5. The highest BCUT2D eigenvalue weighted by Gasteiger charge is 2.31. The van der Waals surface area contributed by atoms with Crippen molar-refractivity contribution >= 4 is 50.7 Å². The second-order valence-electron chi connectivity index (χ2n) is 9.97. The van der Waals surface area contributed by atoms with Crippen molar-refractivity contribution in [3.8, 4) is 11.5 Å². The van der Waals surface area contributed by atoms with E-state index in [1.54, 1.807) is 17.7 Å². The summed E-state index contributed by atoms with van der Waals surface area (Å²) < 4.78 is 107. The predicted octanol–water partition coefficient (Wildman–Crippen LogP) is 6.29. The zero-order valence-electron chi connectivity index (χ0n) is 26.4. The van der Waals surface area contributed by atoms with Gasteiger partial charge in [-0.3, -0.25) is 14.8 Å². The highest BCUT2D eigenvalue weighted by molar-refractivity contribution is 7.92. The number of nitro groups is 1. The number of aryl methyl sites for hydroxylation is 1. The highest BCUT2D eigenvalue weighted by Crippen LogP contribution is 2.37. The first-order valence-corrected chi connectivity index (χ1v) is 16.1. The number of hydrogen-bond acceptors (Lipinski definition) is 12. The van der Waals surface area contributed by atoms with E-state index in [1.165, 1.54) is 13.1 Å². The standard InChI is InChI=1S/C18H13ClF3NO7.C12H9F2N5O2S/c1-2-28-16(24)9-29-17(25)12-8-11(4-5-14(12)23(26)27)30-15-6-3-10(7-13(15)19)18(20,21)22;1-7-5-6-19-11(15-7)16-12(17-19)22(20,21)18-10-8(13)3-2-4-9(10)14/h3-8H,2,9H2,1H3;2-6,18H,1H3. The Morgan fingerprint density at radius 2 is 1.71 bits per heavy atom. The summed E-state index contributed by atoms with van der Waals surface area (Å²) in [7, 11) is -4.35. The molecule has 2 heterocycles. The number of carbonyl (C=O) groups is 2. The molecule has 3 aromatic carbocycles. The van der Waals surface area contributed by atoms with E-state index in [4.69, 9.17) is 21.1 Å². The number of rotatable bonds is 10. The highest BCUT2D eigenvalue weighted by atomic mass is 35.5. The number of hydrogen-bond donors (Lipinski definition) is 1. The van der Waals surface area contributed by atoms with E-state index >= 15 is 0 Å². The van der Waals surface area contributed by atoms with Crippen LogP contribution in [0.25, 0.3) is 5.78 Å². The van der Waals surface area contributed by atoms with Crippen LogP contribution in [0, 0.1) is 28.7 Å². The molecular formula is C30H22ClF5N6O9S. The summed E-state index contributed by atoms with van der Waals surface area (Å²) in [6.45, 7) is 2.53. The van der Waals surface area contributed by atoms with E-state index in [0.29, 0.717) is 11.8 Å². The number of anilines is 1. The molecule has 0 spiro atoms. The number of para-hydroxylation sites is 1. The monoisotopic (exact) mass is 772 g/mol. The van der Waals surface area contributed by atoms with Crippen LogP contribution in [0.15, 0.2) is 72.0 Å². The molecule has 0 radical (unpaired) electrons. The Bertz CT molecular complexity index is 2250. The summed E-state index contributed by atoms with van der Waals surface area (Å²) >= 11 is 5.81. The van der Waals surface area contributed by atoms with Crippen LogP contribution in [-0.2, 0) is 30.5 Å². The quantitative estimate of drug-likeness (QED) is 0.0723. The average molecular weight is 773 g/mol. The molecule has 1 N–H and O–H groups in total. The van der Waals surface area contributed by atoms with Crippen LogP contribution in [-0.4, -0.2) is 58.1 Å². The van der Waals surface area contributed by atoms with Crippen LogP contribution in [0.1, 0.15) is 28.5 Å². The van der Waals surface area contributed by atoms with Crippen LogP contribution in [0.5, 0.6) is 11.5 Å². The number of nitrogens with one attached hydrogen (secondary N) is 1. The van der Waals surface area contributed by atoms with Crippen molar-refractivity contribution in [3.05, 3.63) is 110 Å². The lowest BCUT2D eigenvalue weighted by atomic mass is 10.1. The van der Waals surface area contributed by atoms with Gasteiger partial charge in [0, 0.05) is 24.0 Å². The number of carbonyl (C=O) groups excluding carboxylic acids is 2. The average Bonchev–Trinajstić information content (AvgIpc) is 3.51. The fourth-order valence-corrected chi connectivity index (χ4v) is 5.10. The molecule has 0 atom stereocenters. The van der Waals surface area contributed by atoms with E-state index < -0.39 is 79.0 Å². The molecule has 0 fully saturated rings. The number of nitrogens with zero attached hydrogens (tertiary/aromatic N) is 5. The molecule has 0 unspecified atom stereocenters. The van der Waals surface area contributed by atoms with Gasteiger partial charge in [0.2, 0.25) is 0 Å². The number of halogens is 6. The van der Waals surface area contributed by atoms with E-state index in [9.17, 15) is 50.1 Å². The minimum atomic E-state index is -4.61. The molecule has 0 aliphatic carbocycles. The van der Waals surface area contributed by atoms with Crippen LogP contribution in [0.3, 0.4) is 0 Å². The number of ether oxygens (including phenoxy) is 3. The summed E-state index contributed by atoms with van der Waals surface area (Å²) in [5.41, 5.74) is -2.33. The Hall–Kier alpha value is -5.96. The Balaban J connectivity index is 0.000000243. The van der Waals surface area contributed by atoms with E-state index in [0.717, 1.165) is 53.0 Å². The number of aromatic nitrogens is 4. The molecule has 0 saturated carbocycles. The van der Waals surface area contributed by atoms with Gasteiger partial charge in [0.05, 0.1) is 22.1 Å². The zero-order valence-corrected chi connectivity index (χ0v) is 27.9. The number of esters is 2. The van der Waals surface area contributed by atoms with Gasteiger partial charge in [-0.25, -0.2) is 27.9 Å². The number of nitro benzene ring substituents is 1. The lowest BCUT2D eigenvalue weighted by Gasteiger charge is -2.12. The molecule has 0 aliphatic heterocycles. The molecule has 52 heavy (non-hydrogen) atoms. The Kier molecular flexibility index (Phi) is 11.9. The van der Waals surface area contributed by atoms with Gasteiger partial charge in [-0.05, 0) is 56.3 Å². The molecule has 0 bridgehead atoms. The third-order valence-electron chi connectivity index (χ3n) is 6.26. The molecule has 15 nitrogen and oxygen atoms in total. The van der Waals surface area contributed by atoms with Crippen LogP contribution >= 0.6 is 11.6 Å². The molecule has 0 amide bonds. The lowest BCUT2D eigenvalue weighted by molar-refractivity contribution is -0.385. The molecule has 5 rings (SSSR count). The maximum absolute atomic E-state index is 13.5. The molecule has 0 aliphatic rings. The SMILES string of the molecule is CCOC(=O)COC(=O)c1cc(Oc2ccc(C(F)(F)F)cc2Cl)ccc1[N+](=O)[O-].Cc1ccn2nc(S(=O)(=O)Nc3c(F)cccc3F)nc2n1. The van der Waals surface area contributed by atoms with Gasteiger partial charge in [0.1, 0.15) is 34.4 Å². The second kappa shape index (κ2) is 15.9. The first-order valence-electron chi connectivity index (χ1n) is 14.2. The third-order valence-corrected chi connectivity index (χ3v) is 7.69. The van der Waals surface area contributed by atoms with Gasteiger partial charge in [-0.2, -0.15) is 26.6 Å². The van der Waals surface area contributed by atoms with Crippen molar-refractivity contribution in [2.75, 3.05) is 17.9 Å². The first-order chi connectivity index (χ1) is 24.4. The molecule has 5 aromatic rings. The van der Waals surface area contributed by atoms with Crippen molar-refractivity contribution in [3.63, 3.8) is 0 Å². The number of sulfonamides is 1. The van der Waals surface area contributed by atoms with Crippen molar-refractivity contribution in [2.45, 2.75) is 25.2 Å². The first kappa shape index (κ1) is 38.8. The van der Waals surface area contributed by atoms with Crippen molar-refractivity contribution < 1.29 is 59.1 Å². The largest absolute Gasteiger partial charge is 0.463 e. The lowest BCUT2D eigenvalue weighted by Crippen LogP contribution is -2.17. The summed E-state index contributed by atoms with van der Waals surface area (Å²) in [5, 5.41) is 13.9. The third kappa shape index (κ3) is 9.63. The second-order valence-corrected chi connectivity index (χ2v) is 12.0. The van der Waals surface area contributed by atoms with E-state index in [-0.39, 0.29) is 28.9 Å². The van der Waals surface area contributed by atoms with Gasteiger partial charge in [-0.1, -0.05) is 17.7 Å². The van der Waals surface area contributed by atoms with Crippen molar-refractivity contribution in [2.24, 2.45) is 0 Å².